The largest absolute Gasteiger partial charge is 0.385 e. The molecule has 3 N–H and O–H groups in total. The van der Waals surface area contributed by atoms with Crippen LogP contribution >= 0.6 is 11.3 Å². The summed E-state index contributed by atoms with van der Waals surface area (Å²) in [6, 6.07) is 0. The maximum atomic E-state index is 10.7. The average Bonchev–Trinajstić information content (AvgIpc) is 2.30. The molecule has 0 radical (unpaired) electrons. The van der Waals surface area contributed by atoms with Gasteiger partial charge >= 0.3 is 0 Å². The van der Waals surface area contributed by atoms with E-state index in [4.69, 9.17) is 5.14 Å². The summed E-state index contributed by atoms with van der Waals surface area (Å²) in [5.41, 5.74) is -0.935. The van der Waals surface area contributed by atoms with Crippen LogP contribution in [0.25, 0.3) is 0 Å². The Kier molecular flexibility index (Phi) is 2.62. The second-order valence-corrected chi connectivity index (χ2v) is 5.12. The first-order valence-electron chi connectivity index (χ1n) is 3.26. The topological polar surface area (TPSA) is 76.2 Å². The van der Waals surface area contributed by atoms with Crippen LogP contribution < -0.4 is 5.14 Å². The molecule has 12 heavy (non-hydrogen) atoms. The maximum absolute atomic E-state index is 10.7. The van der Waals surface area contributed by atoms with Gasteiger partial charge in [0.05, 0.1) is 10.5 Å². The Morgan fingerprint density at radius 3 is 2.58 bits per heavy atom. The maximum Gasteiger partial charge on any atom is 0.196 e. The Balaban J connectivity index is 3.00. The molecular weight excluding hydrogens is 196 g/mol. The molecule has 0 aliphatic rings. The van der Waals surface area contributed by atoms with Crippen LogP contribution in [0.3, 0.4) is 0 Å². The van der Waals surface area contributed by atoms with Crippen LogP contribution in [0.15, 0.2) is 10.5 Å². The van der Waals surface area contributed by atoms with Crippen molar-refractivity contribution in [2.24, 2.45) is 5.14 Å². The predicted molar refractivity (Wildman–Crippen MR) is 48.0 cm³/mol. The van der Waals surface area contributed by atoms with Gasteiger partial charge in [-0.15, -0.1) is 11.3 Å². The van der Waals surface area contributed by atoms with Gasteiger partial charge in [-0.25, -0.2) is 14.3 Å². The van der Waals surface area contributed by atoms with Crippen LogP contribution in [-0.2, 0) is 16.6 Å². The van der Waals surface area contributed by atoms with Gasteiger partial charge in [-0.1, -0.05) is 0 Å². The summed E-state index contributed by atoms with van der Waals surface area (Å²) in [4.78, 5) is 4.48. The highest BCUT2D eigenvalue weighted by molar-refractivity contribution is 7.84. The molecule has 1 rings (SSSR count). The standard InChI is InChI=1S/C6H10N2O2S2/c1-6(2,9)4-3-8-5(11-4)12(7)10/h3,9H,7H2,1-2H3/t12-/m1/s1. The summed E-state index contributed by atoms with van der Waals surface area (Å²) >= 11 is 1.16. The van der Waals surface area contributed by atoms with Gasteiger partial charge in [0, 0.05) is 6.20 Å². The summed E-state index contributed by atoms with van der Waals surface area (Å²) in [5.74, 6) is 0. The van der Waals surface area contributed by atoms with E-state index >= 15 is 0 Å². The molecule has 0 saturated heterocycles. The van der Waals surface area contributed by atoms with E-state index in [2.05, 4.69) is 4.98 Å². The summed E-state index contributed by atoms with van der Waals surface area (Å²) in [5, 5.41) is 14.6. The Hall–Kier alpha value is -0.300. The second-order valence-electron chi connectivity index (χ2n) is 2.85. The van der Waals surface area contributed by atoms with Crippen molar-refractivity contribution in [1.29, 1.82) is 0 Å². The molecule has 1 atom stereocenters. The molecule has 0 aliphatic heterocycles. The lowest BCUT2D eigenvalue weighted by Crippen LogP contribution is -2.12. The third-order valence-corrected chi connectivity index (χ3v) is 3.56. The SMILES string of the molecule is CC(C)(O)c1cnc([S@](N)=O)s1. The molecule has 0 unspecified atom stereocenters. The zero-order chi connectivity index (χ0) is 9.35. The molecule has 6 heteroatoms. The van der Waals surface area contributed by atoms with Crippen LogP contribution in [0.5, 0.6) is 0 Å². The van der Waals surface area contributed by atoms with Gasteiger partial charge in [-0.3, -0.25) is 0 Å². The van der Waals surface area contributed by atoms with Crippen molar-refractivity contribution in [3.63, 3.8) is 0 Å². The lowest BCUT2D eigenvalue weighted by atomic mass is 10.1. The van der Waals surface area contributed by atoms with Gasteiger partial charge in [-0.2, -0.15) is 0 Å². The number of thiazole rings is 1. The van der Waals surface area contributed by atoms with Crippen LogP contribution in [0, 0.1) is 0 Å². The minimum atomic E-state index is -1.55. The van der Waals surface area contributed by atoms with E-state index in [1.807, 2.05) is 0 Å². The van der Waals surface area contributed by atoms with E-state index in [1.54, 1.807) is 13.8 Å². The molecule has 1 aromatic rings. The third-order valence-electron chi connectivity index (χ3n) is 1.26. The van der Waals surface area contributed by atoms with Gasteiger partial charge in [0.2, 0.25) is 0 Å². The highest BCUT2D eigenvalue weighted by Crippen LogP contribution is 2.26. The van der Waals surface area contributed by atoms with Crippen LogP contribution in [0.2, 0.25) is 0 Å². The fourth-order valence-corrected chi connectivity index (χ4v) is 2.04. The number of hydrogen-bond donors (Lipinski definition) is 2. The molecule has 0 spiro atoms. The molecule has 0 aromatic carbocycles. The number of hydrogen-bond acceptors (Lipinski definition) is 4. The molecular formula is C6H10N2O2S2. The van der Waals surface area contributed by atoms with E-state index in [0.29, 0.717) is 9.22 Å². The van der Waals surface area contributed by atoms with E-state index in [-0.39, 0.29) is 0 Å². The van der Waals surface area contributed by atoms with Crippen molar-refractivity contribution in [3.8, 4) is 0 Å². The summed E-state index contributed by atoms with van der Waals surface area (Å²) in [7, 11) is -1.55. The van der Waals surface area contributed by atoms with Crippen molar-refractivity contribution < 1.29 is 9.32 Å². The first kappa shape index (κ1) is 9.79. The van der Waals surface area contributed by atoms with Gasteiger partial charge < -0.3 is 5.11 Å². The molecule has 0 fully saturated rings. The Bertz CT molecular complexity index is 303. The summed E-state index contributed by atoms with van der Waals surface area (Å²) in [6.45, 7) is 3.29. The van der Waals surface area contributed by atoms with Crippen molar-refractivity contribution in [3.05, 3.63) is 11.1 Å². The van der Waals surface area contributed by atoms with Crippen LogP contribution in [-0.4, -0.2) is 14.3 Å². The molecule has 0 saturated carbocycles. The fraction of sp³-hybridized carbons (Fsp3) is 0.500. The number of nitrogens with zero attached hydrogens (tertiary/aromatic N) is 1. The molecule has 1 aromatic heterocycles. The van der Waals surface area contributed by atoms with Crippen LogP contribution in [0.1, 0.15) is 18.7 Å². The minimum absolute atomic E-state index is 0.340. The smallest absolute Gasteiger partial charge is 0.196 e. The van der Waals surface area contributed by atoms with Crippen molar-refractivity contribution in [2.75, 3.05) is 0 Å². The Labute approximate surface area is 77.0 Å². The quantitative estimate of drug-likeness (QED) is 0.733. The molecule has 1 heterocycles. The first-order chi connectivity index (χ1) is 5.41. The van der Waals surface area contributed by atoms with Crippen LogP contribution in [0.4, 0.5) is 0 Å². The lowest BCUT2D eigenvalue weighted by molar-refractivity contribution is 0.0823. The number of nitrogens with two attached hydrogens (primary N) is 1. The fourth-order valence-electron chi connectivity index (χ4n) is 0.634. The van der Waals surface area contributed by atoms with Crippen molar-refractivity contribution >= 4 is 22.3 Å². The normalized spacial score (nSPS) is 14.7. The average molecular weight is 206 g/mol. The first-order valence-corrected chi connectivity index (χ1v) is 5.29. The zero-order valence-corrected chi connectivity index (χ0v) is 8.41. The predicted octanol–water partition coefficient (Wildman–Crippen LogP) is 0.352. The van der Waals surface area contributed by atoms with E-state index in [9.17, 15) is 9.32 Å². The Morgan fingerprint density at radius 2 is 2.33 bits per heavy atom. The van der Waals surface area contributed by atoms with Crippen molar-refractivity contribution in [2.45, 2.75) is 23.8 Å². The van der Waals surface area contributed by atoms with E-state index in [1.165, 1.54) is 6.20 Å². The number of aromatic nitrogens is 1. The van der Waals surface area contributed by atoms with Gasteiger partial charge in [0.1, 0.15) is 0 Å². The number of rotatable bonds is 2. The van der Waals surface area contributed by atoms with E-state index in [0.717, 1.165) is 11.3 Å². The third kappa shape index (κ3) is 2.10. The molecule has 0 amide bonds. The van der Waals surface area contributed by atoms with Gasteiger partial charge in [0.15, 0.2) is 15.3 Å². The van der Waals surface area contributed by atoms with Gasteiger partial charge in [-0.05, 0) is 13.8 Å². The second kappa shape index (κ2) is 3.21. The van der Waals surface area contributed by atoms with Gasteiger partial charge in [0.25, 0.3) is 0 Å². The molecule has 0 bridgehead atoms. The lowest BCUT2D eigenvalue weighted by Gasteiger charge is -2.12. The minimum Gasteiger partial charge on any atom is -0.385 e. The highest BCUT2D eigenvalue weighted by Gasteiger charge is 2.20. The monoisotopic (exact) mass is 206 g/mol. The molecule has 0 aliphatic carbocycles. The van der Waals surface area contributed by atoms with E-state index < -0.39 is 16.6 Å². The number of aliphatic hydroxyl groups is 1. The Morgan fingerprint density at radius 1 is 1.75 bits per heavy atom. The molecule has 4 nitrogen and oxygen atoms in total. The highest BCUT2D eigenvalue weighted by atomic mass is 32.2. The summed E-state index contributed by atoms with van der Waals surface area (Å²) in [6.07, 6.45) is 1.49. The van der Waals surface area contributed by atoms with Crippen molar-refractivity contribution in [1.82, 2.24) is 4.98 Å². The summed E-state index contributed by atoms with van der Waals surface area (Å²) < 4.78 is 11.1. The zero-order valence-electron chi connectivity index (χ0n) is 6.77. The molecule has 68 valence electrons.